The molecule has 0 aliphatic carbocycles. The van der Waals surface area contributed by atoms with Gasteiger partial charge in [-0.25, -0.2) is 4.79 Å². The van der Waals surface area contributed by atoms with E-state index in [1.54, 1.807) is 24.3 Å². The number of ether oxygens (including phenoxy) is 3. The van der Waals surface area contributed by atoms with E-state index in [1.807, 2.05) is 20.8 Å². The highest BCUT2D eigenvalue weighted by Crippen LogP contribution is 2.32. The summed E-state index contributed by atoms with van der Waals surface area (Å²) in [6.45, 7) is 4.83. The number of amides is 2. The molecule has 2 aromatic carbocycles. The third kappa shape index (κ3) is 6.49. The summed E-state index contributed by atoms with van der Waals surface area (Å²) in [5.41, 5.74) is 1.96. The highest BCUT2D eigenvalue weighted by Gasteiger charge is 2.15. The average Bonchev–Trinajstić information content (AvgIpc) is 2.72. The molecule has 0 atom stereocenters. The Morgan fingerprint density at radius 2 is 1.73 bits per heavy atom. The Labute approximate surface area is 180 Å². The van der Waals surface area contributed by atoms with E-state index in [-0.39, 0.29) is 18.1 Å². The summed E-state index contributed by atoms with van der Waals surface area (Å²) < 4.78 is 15.4. The van der Waals surface area contributed by atoms with Gasteiger partial charge in [0.25, 0.3) is 11.8 Å². The lowest BCUT2D eigenvalue weighted by atomic mass is 10.0. The lowest BCUT2D eigenvalue weighted by molar-refractivity contribution is -0.150. The molecule has 0 aliphatic heterocycles. The minimum atomic E-state index is -0.741. The fraction of sp³-hybridized carbons (Fsp3) is 0.318. The van der Waals surface area contributed by atoms with Gasteiger partial charge in [-0.2, -0.15) is 0 Å². The molecule has 0 heterocycles. The number of imide groups is 1. The van der Waals surface area contributed by atoms with E-state index in [0.29, 0.717) is 16.5 Å². The smallest absolute Gasteiger partial charge is 0.344 e. The summed E-state index contributed by atoms with van der Waals surface area (Å²) >= 11 is 6.15. The van der Waals surface area contributed by atoms with E-state index in [4.69, 9.17) is 25.8 Å². The lowest BCUT2D eigenvalue weighted by Crippen LogP contribution is -2.34. The van der Waals surface area contributed by atoms with Crippen LogP contribution in [0, 0.1) is 6.92 Å². The maximum absolute atomic E-state index is 12.0. The molecule has 2 rings (SSSR count). The van der Waals surface area contributed by atoms with Gasteiger partial charge in [0.1, 0.15) is 11.5 Å². The molecular formula is C22H24ClNO6. The van der Waals surface area contributed by atoms with Gasteiger partial charge in [0, 0.05) is 10.6 Å². The Hall–Kier alpha value is -3.06. The van der Waals surface area contributed by atoms with Gasteiger partial charge in [-0.15, -0.1) is 0 Å². The molecule has 0 radical (unpaired) electrons. The average molecular weight is 434 g/mol. The molecule has 1 N–H and O–H groups in total. The second-order valence-electron chi connectivity index (χ2n) is 6.85. The first-order valence-electron chi connectivity index (χ1n) is 9.28. The zero-order valence-electron chi connectivity index (χ0n) is 17.3. The van der Waals surface area contributed by atoms with Crippen molar-refractivity contribution in [2.75, 3.05) is 20.3 Å². The van der Waals surface area contributed by atoms with Crippen LogP contribution in [-0.2, 0) is 14.3 Å². The number of hydrogen-bond acceptors (Lipinski definition) is 6. The number of rotatable bonds is 8. The second-order valence-corrected chi connectivity index (χ2v) is 7.26. The van der Waals surface area contributed by atoms with Crippen molar-refractivity contribution >= 4 is 29.4 Å². The molecule has 2 aromatic rings. The van der Waals surface area contributed by atoms with Crippen LogP contribution in [0.25, 0.3) is 0 Å². The number of carbonyl (C=O) groups is 3. The molecule has 30 heavy (non-hydrogen) atoms. The van der Waals surface area contributed by atoms with Crippen LogP contribution in [0.2, 0.25) is 5.02 Å². The van der Waals surface area contributed by atoms with Crippen LogP contribution in [-0.4, -0.2) is 38.1 Å². The van der Waals surface area contributed by atoms with E-state index >= 15 is 0 Å². The third-order valence-electron chi connectivity index (χ3n) is 4.23. The molecule has 0 saturated carbocycles. The fourth-order valence-electron chi connectivity index (χ4n) is 2.55. The topological polar surface area (TPSA) is 90.9 Å². The lowest BCUT2D eigenvalue weighted by Gasteiger charge is -2.15. The van der Waals surface area contributed by atoms with Gasteiger partial charge in [0.15, 0.2) is 13.2 Å². The minimum absolute atomic E-state index is 0.142. The van der Waals surface area contributed by atoms with Crippen molar-refractivity contribution in [2.45, 2.75) is 26.7 Å². The minimum Gasteiger partial charge on any atom is -0.497 e. The highest BCUT2D eigenvalue weighted by atomic mass is 35.5. The number of benzene rings is 2. The predicted molar refractivity (Wildman–Crippen MR) is 112 cm³/mol. The molecular weight excluding hydrogens is 410 g/mol. The van der Waals surface area contributed by atoms with Crippen LogP contribution in [0.15, 0.2) is 36.4 Å². The van der Waals surface area contributed by atoms with E-state index in [0.717, 1.165) is 11.1 Å². The summed E-state index contributed by atoms with van der Waals surface area (Å²) in [6.07, 6.45) is 0. The molecule has 0 aliphatic rings. The van der Waals surface area contributed by atoms with Crippen molar-refractivity contribution in [1.82, 2.24) is 5.32 Å². The number of methoxy groups -OCH3 is 1. The maximum Gasteiger partial charge on any atom is 0.344 e. The first-order chi connectivity index (χ1) is 14.2. The number of esters is 1. The van der Waals surface area contributed by atoms with Crippen LogP contribution < -0.4 is 14.8 Å². The fourth-order valence-corrected chi connectivity index (χ4v) is 2.72. The maximum atomic E-state index is 12.0. The molecule has 2 amide bonds. The zero-order valence-corrected chi connectivity index (χ0v) is 18.0. The van der Waals surface area contributed by atoms with E-state index in [2.05, 4.69) is 5.32 Å². The molecule has 0 fully saturated rings. The molecule has 0 spiro atoms. The van der Waals surface area contributed by atoms with Crippen LogP contribution in [0.4, 0.5) is 0 Å². The van der Waals surface area contributed by atoms with Gasteiger partial charge in [-0.05, 0) is 60.4 Å². The summed E-state index contributed by atoms with van der Waals surface area (Å²) in [5, 5.41) is 2.77. The molecule has 0 bridgehead atoms. The largest absolute Gasteiger partial charge is 0.497 e. The van der Waals surface area contributed by atoms with E-state index in [9.17, 15) is 14.4 Å². The predicted octanol–water partition coefficient (Wildman–Crippen LogP) is 3.66. The van der Waals surface area contributed by atoms with E-state index in [1.165, 1.54) is 19.2 Å². The Kier molecular flexibility index (Phi) is 8.24. The van der Waals surface area contributed by atoms with Crippen molar-refractivity contribution in [1.29, 1.82) is 0 Å². The normalized spacial score (nSPS) is 10.5. The van der Waals surface area contributed by atoms with Gasteiger partial charge in [-0.3, -0.25) is 14.9 Å². The van der Waals surface area contributed by atoms with Crippen molar-refractivity contribution in [3.63, 3.8) is 0 Å². The first kappa shape index (κ1) is 23.2. The summed E-state index contributed by atoms with van der Waals surface area (Å²) in [5.74, 6) is -0.818. The quantitative estimate of drug-likeness (QED) is 0.639. The van der Waals surface area contributed by atoms with Crippen LogP contribution >= 0.6 is 11.6 Å². The van der Waals surface area contributed by atoms with Gasteiger partial charge in [-0.1, -0.05) is 25.4 Å². The van der Waals surface area contributed by atoms with Gasteiger partial charge >= 0.3 is 5.97 Å². The Morgan fingerprint density at radius 1 is 1.07 bits per heavy atom. The van der Waals surface area contributed by atoms with Crippen LogP contribution in [0.1, 0.15) is 41.3 Å². The van der Waals surface area contributed by atoms with Crippen LogP contribution in [0.3, 0.4) is 0 Å². The summed E-state index contributed by atoms with van der Waals surface area (Å²) in [7, 11) is 1.51. The number of hydrogen-bond donors (Lipinski definition) is 1. The molecule has 8 heteroatoms. The van der Waals surface area contributed by atoms with Crippen molar-refractivity contribution in [3.05, 3.63) is 58.1 Å². The van der Waals surface area contributed by atoms with Crippen LogP contribution in [0.5, 0.6) is 11.5 Å². The SMILES string of the molecule is COc1ccc(C(=O)NC(=O)COC(=O)COc2cc(C)c(Cl)cc2C(C)C)cc1. The van der Waals surface area contributed by atoms with Crippen molar-refractivity contribution in [3.8, 4) is 11.5 Å². The summed E-state index contributed by atoms with van der Waals surface area (Å²) in [6, 6.07) is 9.79. The molecule has 160 valence electrons. The Morgan fingerprint density at radius 3 is 2.33 bits per heavy atom. The summed E-state index contributed by atoms with van der Waals surface area (Å²) in [4.78, 5) is 35.8. The van der Waals surface area contributed by atoms with Gasteiger partial charge in [0.2, 0.25) is 0 Å². The number of carbonyl (C=O) groups excluding carboxylic acids is 3. The number of halogens is 1. The van der Waals surface area contributed by atoms with Crippen molar-refractivity contribution < 1.29 is 28.6 Å². The van der Waals surface area contributed by atoms with Gasteiger partial charge < -0.3 is 14.2 Å². The third-order valence-corrected chi connectivity index (χ3v) is 4.64. The Bertz CT molecular complexity index is 924. The molecule has 7 nitrogen and oxygen atoms in total. The monoisotopic (exact) mass is 433 g/mol. The number of aryl methyl sites for hydroxylation is 1. The second kappa shape index (κ2) is 10.6. The Balaban J connectivity index is 1.83. The van der Waals surface area contributed by atoms with Gasteiger partial charge in [0.05, 0.1) is 7.11 Å². The zero-order chi connectivity index (χ0) is 22.3. The molecule has 0 saturated heterocycles. The first-order valence-corrected chi connectivity index (χ1v) is 9.65. The van der Waals surface area contributed by atoms with E-state index < -0.39 is 24.4 Å². The van der Waals surface area contributed by atoms with Crippen molar-refractivity contribution in [2.24, 2.45) is 0 Å². The highest BCUT2D eigenvalue weighted by molar-refractivity contribution is 6.31. The number of nitrogens with one attached hydrogen (secondary N) is 1. The molecule has 0 unspecified atom stereocenters. The molecule has 0 aromatic heterocycles. The standard InChI is InChI=1S/C22H24ClNO6/c1-13(2)17-10-18(23)14(3)9-19(17)29-12-21(26)30-11-20(25)24-22(27)15-5-7-16(28-4)8-6-15/h5-10,13H,11-12H2,1-4H3,(H,24,25,27).